The van der Waals surface area contributed by atoms with Crippen LogP contribution in [-0.4, -0.2) is 43.6 Å². The third kappa shape index (κ3) is 11.4. The Kier molecular flexibility index (Phi) is 14.2. The van der Waals surface area contributed by atoms with Crippen molar-refractivity contribution < 1.29 is 19.2 Å². The molecular weight excluding hydrogens is 301 g/mol. The van der Waals surface area contributed by atoms with Crippen LogP contribution in [0.15, 0.2) is 0 Å². The molecule has 5 nitrogen and oxygen atoms in total. The number of ether oxygens (including phenoxy) is 1. The summed E-state index contributed by atoms with van der Waals surface area (Å²) in [5, 5.41) is 12.4. The van der Waals surface area contributed by atoms with Gasteiger partial charge in [0, 0.05) is 7.11 Å². The zero-order valence-electron chi connectivity index (χ0n) is 14.6. The Morgan fingerprint density at radius 2 is 1.82 bits per heavy atom. The zero-order chi connectivity index (χ0) is 16.8. The molecule has 0 aliphatic rings. The highest BCUT2D eigenvalue weighted by Gasteiger charge is 2.20. The van der Waals surface area contributed by atoms with E-state index in [1.807, 2.05) is 13.6 Å². The molecule has 3 unspecified atom stereocenters. The van der Waals surface area contributed by atoms with Crippen molar-refractivity contribution >= 4 is 14.3 Å². The zero-order valence-corrected chi connectivity index (χ0v) is 15.5. The minimum Gasteiger partial charge on any atom is -0.480 e. The molecule has 0 fully saturated rings. The predicted molar refractivity (Wildman–Crippen MR) is 92.4 cm³/mol. The Morgan fingerprint density at radius 3 is 2.36 bits per heavy atom. The van der Waals surface area contributed by atoms with Gasteiger partial charge in [-0.1, -0.05) is 52.4 Å². The van der Waals surface area contributed by atoms with E-state index in [4.69, 9.17) is 9.26 Å². The number of aliphatic carboxylic acids is 1. The first-order valence-corrected chi connectivity index (χ1v) is 10.1. The van der Waals surface area contributed by atoms with E-state index in [2.05, 4.69) is 12.0 Å². The van der Waals surface area contributed by atoms with E-state index in [0.717, 1.165) is 19.3 Å². The van der Waals surface area contributed by atoms with Gasteiger partial charge in [-0.2, -0.15) is 0 Å². The summed E-state index contributed by atoms with van der Waals surface area (Å²) in [4.78, 5) is 11.3. The summed E-state index contributed by atoms with van der Waals surface area (Å²) in [5.41, 5.74) is 0. The van der Waals surface area contributed by atoms with E-state index >= 15 is 0 Å². The lowest BCUT2D eigenvalue weighted by atomic mass is 10.1. The molecule has 6 heteroatoms. The van der Waals surface area contributed by atoms with E-state index in [9.17, 15) is 9.90 Å². The van der Waals surface area contributed by atoms with Gasteiger partial charge in [0.05, 0.1) is 21.0 Å². The molecule has 0 heterocycles. The fraction of sp³-hybridized carbons (Fsp3) is 0.938. The van der Waals surface area contributed by atoms with Crippen LogP contribution in [0.2, 0.25) is 0 Å². The molecule has 0 aromatic rings. The normalized spacial score (nSPS) is 15.5. The second kappa shape index (κ2) is 14.4. The Balaban J connectivity index is 3.94. The molecule has 0 spiro atoms. The lowest BCUT2D eigenvalue weighted by Gasteiger charge is -2.22. The monoisotopic (exact) mass is 335 g/mol. The molecule has 0 aromatic heterocycles. The standard InChI is InChI=1S/C16H34NO4P/c1-5-7-8-9-10-11-12-15(16(18)19)17-22(4)21-13-14(6-2)20-3/h14-15,17H,5-13H2,1-4H3,(H,18,19). The van der Waals surface area contributed by atoms with Crippen LogP contribution in [0, 0.1) is 0 Å². The predicted octanol–water partition coefficient (Wildman–Crippen LogP) is 4.16. The van der Waals surface area contributed by atoms with Crippen molar-refractivity contribution in [3.63, 3.8) is 0 Å². The van der Waals surface area contributed by atoms with Crippen LogP contribution >= 0.6 is 8.30 Å². The number of rotatable bonds is 15. The summed E-state index contributed by atoms with van der Waals surface area (Å²) in [6, 6.07) is -0.509. The molecule has 0 saturated carbocycles. The van der Waals surface area contributed by atoms with Gasteiger partial charge in [0.15, 0.2) is 0 Å². The fourth-order valence-corrected chi connectivity index (χ4v) is 3.32. The Labute approximate surface area is 137 Å². The van der Waals surface area contributed by atoms with Gasteiger partial charge in [-0.3, -0.25) is 9.88 Å². The maximum Gasteiger partial charge on any atom is 0.321 e. The SMILES string of the molecule is CCCCCCCCC(NP(C)OCC(CC)OC)C(=O)O. The molecule has 22 heavy (non-hydrogen) atoms. The van der Waals surface area contributed by atoms with Gasteiger partial charge in [-0.25, -0.2) is 0 Å². The number of nitrogens with one attached hydrogen (secondary N) is 1. The molecule has 3 atom stereocenters. The van der Waals surface area contributed by atoms with Crippen LogP contribution in [0.4, 0.5) is 0 Å². The van der Waals surface area contributed by atoms with Gasteiger partial charge in [0.1, 0.15) is 6.04 Å². The summed E-state index contributed by atoms with van der Waals surface area (Å²) in [6.07, 6.45) is 8.64. The Hall–Kier alpha value is -0.220. The molecule has 0 radical (unpaired) electrons. The van der Waals surface area contributed by atoms with Gasteiger partial charge in [0.25, 0.3) is 0 Å². The number of hydrogen-bond donors (Lipinski definition) is 2. The first-order chi connectivity index (χ1) is 10.5. The van der Waals surface area contributed by atoms with E-state index in [1.54, 1.807) is 7.11 Å². The number of carboxylic acid groups (broad SMARTS) is 1. The van der Waals surface area contributed by atoms with Crippen molar-refractivity contribution in [3.05, 3.63) is 0 Å². The van der Waals surface area contributed by atoms with Gasteiger partial charge >= 0.3 is 5.97 Å². The molecule has 0 aliphatic heterocycles. The molecule has 2 N–H and O–H groups in total. The van der Waals surface area contributed by atoms with Crippen molar-refractivity contribution in [2.75, 3.05) is 20.4 Å². The van der Waals surface area contributed by atoms with Crippen molar-refractivity contribution in [1.29, 1.82) is 0 Å². The highest BCUT2D eigenvalue weighted by molar-refractivity contribution is 7.49. The van der Waals surface area contributed by atoms with Crippen molar-refractivity contribution in [2.45, 2.75) is 77.4 Å². The minimum absolute atomic E-state index is 0.0774. The van der Waals surface area contributed by atoms with Gasteiger partial charge in [-0.15, -0.1) is 0 Å². The second-order valence-corrected chi connectivity index (χ2v) is 7.15. The molecular formula is C16H34NO4P. The minimum atomic E-state index is -0.937. The average molecular weight is 335 g/mol. The molecule has 0 bridgehead atoms. The van der Waals surface area contributed by atoms with E-state index < -0.39 is 20.3 Å². The van der Waals surface area contributed by atoms with Crippen LogP contribution < -0.4 is 5.09 Å². The third-order valence-electron chi connectivity index (χ3n) is 3.72. The first-order valence-electron chi connectivity index (χ1n) is 8.43. The molecule has 0 amide bonds. The molecule has 132 valence electrons. The molecule has 0 aromatic carbocycles. The second-order valence-electron chi connectivity index (χ2n) is 5.64. The van der Waals surface area contributed by atoms with Crippen molar-refractivity contribution in [1.82, 2.24) is 5.09 Å². The lowest BCUT2D eigenvalue weighted by Crippen LogP contribution is -2.34. The van der Waals surface area contributed by atoms with Crippen LogP contribution in [0.3, 0.4) is 0 Å². The molecule has 0 saturated heterocycles. The Bertz CT molecular complexity index is 275. The van der Waals surface area contributed by atoms with Crippen molar-refractivity contribution in [3.8, 4) is 0 Å². The maximum absolute atomic E-state index is 11.3. The average Bonchev–Trinajstić information content (AvgIpc) is 2.50. The number of methoxy groups -OCH3 is 1. The van der Waals surface area contributed by atoms with Gasteiger partial charge in [0.2, 0.25) is 0 Å². The first kappa shape index (κ1) is 21.8. The summed E-state index contributed by atoms with van der Waals surface area (Å²) in [7, 11) is 0.731. The summed E-state index contributed by atoms with van der Waals surface area (Å²) in [6.45, 7) is 6.66. The van der Waals surface area contributed by atoms with Crippen LogP contribution in [0.25, 0.3) is 0 Å². The summed E-state index contributed by atoms with van der Waals surface area (Å²) >= 11 is 0. The third-order valence-corrected chi connectivity index (χ3v) is 4.94. The van der Waals surface area contributed by atoms with E-state index in [-0.39, 0.29) is 6.10 Å². The topological polar surface area (TPSA) is 67.8 Å². The molecule has 0 rings (SSSR count). The number of unbranched alkanes of at least 4 members (excludes halogenated alkanes) is 5. The highest BCUT2D eigenvalue weighted by atomic mass is 31.2. The van der Waals surface area contributed by atoms with Crippen LogP contribution in [0.5, 0.6) is 0 Å². The quantitative estimate of drug-likeness (QED) is 0.347. The number of hydrogen-bond acceptors (Lipinski definition) is 4. The van der Waals surface area contributed by atoms with Gasteiger partial charge < -0.3 is 14.4 Å². The molecule has 0 aliphatic carbocycles. The van der Waals surface area contributed by atoms with Crippen molar-refractivity contribution in [2.24, 2.45) is 0 Å². The maximum atomic E-state index is 11.3. The highest BCUT2D eigenvalue weighted by Crippen LogP contribution is 2.29. The largest absolute Gasteiger partial charge is 0.480 e. The fourth-order valence-electron chi connectivity index (χ4n) is 2.18. The summed E-state index contributed by atoms with van der Waals surface area (Å²) < 4.78 is 10.9. The van der Waals surface area contributed by atoms with Crippen LogP contribution in [0.1, 0.15) is 65.2 Å². The number of carboxylic acids is 1. The van der Waals surface area contributed by atoms with E-state index in [1.165, 1.54) is 25.7 Å². The smallest absolute Gasteiger partial charge is 0.321 e. The van der Waals surface area contributed by atoms with E-state index in [0.29, 0.717) is 13.0 Å². The van der Waals surface area contributed by atoms with Gasteiger partial charge in [-0.05, 0) is 19.5 Å². The Morgan fingerprint density at radius 1 is 1.18 bits per heavy atom. The summed E-state index contributed by atoms with van der Waals surface area (Å²) in [5.74, 6) is -0.787. The number of carbonyl (C=O) groups is 1. The van der Waals surface area contributed by atoms with Crippen LogP contribution in [-0.2, 0) is 14.1 Å². The lowest BCUT2D eigenvalue weighted by molar-refractivity contribution is -0.139.